The zero-order valence-corrected chi connectivity index (χ0v) is 19.5. The summed E-state index contributed by atoms with van der Waals surface area (Å²) in [6.07, 6.45) is 1.93. The van der Waals surface area contributed by atoms with E-state index < -0.39 is 11.9 Å². The van der Waals surface area contributed by atoms with Gasteiger partial charge in [0, 0.05) is 29.3 Å². The van der Waals surface area contributed by atoms with Crippen molar-refractivity contribution in [3.63, 3.8) is 0 Å². The zero-order valence-electron chi connectivity index (χ0n) is 17.9. The Balaban J connectivity index is 1.78. The number of ketones is 1. The number of nitrogens with one attached hydrogen (secondary N) is 1. The van der Waals surface area contributed by atoms with Crippen molar-refractivity contribution in [3.05, 3.63) is 80.6 Å². The molecule has 2 aliphatic rings. The molecule has 6 nitrogen and oxygen atoms in total. The van der Waals surface area contributed by atoms with Crippen LogP contribution in [0.5, 0.6) is 11.5 Å². The molecule has 32 heavy (non-hydrogen) atoms. The van der Waals surface area contributed by atoms with Crippen LogP contribution in [0, 0.1) is 0 Å². The summed E-state index contributed by atoms with van der Waals surface area (Å²) < 4.78 is 11.4. The average molecular weight is 498 g/mol. The number of hydrogen-bond acceptors (Lipinski definition) is 6. The Morgan fingerprint density at radius 2 is 1.97 bits per heavy atom. The van der Waals surface area contributed by atoms with Crippen molar-refractivity contribution in [2.75, 3.05) is 7.11 Å². The normalized spacial score (nSPS) is 18.2. The van der Waals surface area contributed by atoms with Crippen LogP contribution in [0.3, 0.4) is 0 Å². The van der Waals surface area contributed by atoms with E-state index in [9.17, 15) is 14.7 Å². The molecule has 0 spiro atoms. The van der Waals surface area contributed by atoms with Gasteiger partial charge in [0.1, 0.15) is 6.61 Å². The molecule has 0 radical (unpaired) electrons. The first-order chi connectivity index (χ1) is 15.4. The third-order valence-electron chi connectivity index (χ3n) is 5.81. The topological polar surface area (TPSA) is 84.9 Å². The molecule has 2 aromatic rings. The lowest BCUT2D eigenvalue weighted by molar-refractivity contribution is -0.140. The van der Waals surface area contributed by atoms with E-state index in [0.717, 1.165) is 24.1 Å². The first-order valence-electron chi connectivity index (χ1n) is 10.4. The van der Waals surface area contributed by atoms with Crippen LogP contribution >= 0.6 is 15.9 Å². The molecule has 166 valence electrons. The number of phenols is 1. The zero-order chi connectivity index (χ0) is 22.8. The number of aromatic hydroxyl groups is 1. The van der Waals surface area contributed by atoms with E-state index in [4.69, 9.17) is 9.47 Å². The molecule has 1 atom stereocenters. The van der Waals surface area contributed by atoms with Crippen LogP contribution in [-0.4, -0.2) is 24.0 Å². The average Bonchev–Trinajstić information content (AvgIpc) is 2.79. The summed E-state index contributed by atoms with van der Waals surface area (Å²) in [6.45, 7) is 1.95. The van der Waals surface area contributed by atoms with Gasteiger partial charge in [0.05, 0.1) is 17.2 Å². The SMILES string of the molecule is COc1cc(C2C(C(=O)OCc3ccccc3)=C(C)NC3=C2C(=O)CCC3)cc(Br)c1O. The quantitative estimate of drug-likeness (QED) is 0.572. The van der Waals surface area contributed by atoms with E-state index in [1.165, 1.54) is 7.11 Å². The van der Waals surface area contributed by atoms with E-state index >= 15 is 0 Å². The number of methoxy groups -OCH3 is 1. The lowest BCUT2D eigenvalue weighted by atomic mass is 9.75. The largest absolute Gasteiger partial charge is 0.503 e. The minimum absolute atomic E-state index is 0.00720. The number of Topliss-reactive ketones (excluding diaryl/α,β-unsaturated/α-hetero) is 1. The van der Waals surface area contributed by atoms with Crippen LogP contribution in [0.4, 0.5) is 0 Å². The number of esters is 1. The number of halogens is 1. The van der Waals surface area contributed by atoms with Crippen molar-refractivity contribution in [1.82, 2.24) is 5.32 Å². The van der Waals surface area contributed by atoms with E-state index in [1.807, 2.05) is 37.3 Å². The Hall–Kier alpha value is -3.06. The predicted molar refractivity (Wildman–Crippen MR) is 123 cm³/mol. The molecule has 0 amide bonds. The van der Waals surface area contributed by atoms with Crippen LogP contribution in [0.25, 0.3) is 0 Å². The molecule has 0 fully saturated rings. The molecule has 2 aromatic carbocycles. The third kappa shape index (κ3) is 4.17. The first kappa shape index (κ1) is 22.1. The second kappa shape index (κ2) is 9.20. The fourth-order valence-corrected chi connectivity index (χ4v) is 4.76. The summed E-state index contributed by atoms with van der Waals surface area (Å²) in [5.74, 6) is -0.880. The van der Waals surface area contributed by atoms with Gasteiger partial charge in [0.2, 0.25) is 0 Å². The van der Waals surface area contributed by atoms with Gasteiger partial charge in [-0.25, -0.2) is 4.79 Å². The number of phenolic OH excluding ortho intramolecular Hbond substituents is 1. The maximum absolute atomic E-state index is 13.3. The highest BCUT2D eigenvalue weighted by molar-refractivity contribution is 9.10. The van der Waals surface area contributed by atoms with E-state index in [0.29, 0.717) is 33.3 Å². The number of benzene rings is 2. The van der Waals surface area contributed by atoms with Gasteiger partial charge in [-0.2, -0.15) is 0 Å². The van der Waals surface area contributed by atoms with Crippen LogP contribution in [0.1, 0.15) is 43.2 Å². The number of hydrogen-bond donors (Lipinski definition) is 2. The number of carbonyl (C=O) groups is 2. The number of carbonyl (C=O) groups excluding carboxylic acids is 2. The number of allylic oxidation sites excluding steroid dienone is 3. The van der Waals surface area contributed by atoms with E-state index in [1.54, 1.807) is 12.1 Å². The summed E-state index contributed by atoms with van der Waals surface area (Å²) in [5.41, 5.74) is 4.00. The van der Waals surface area contributed by atoms with Crippen molar-refractivity contribution in [3.8, 4) is 11.5 Å². The molecule has 4 rings (SSSR count). The van der Waals surface area contributed by atoms with Gasteiger partial charge in [0.15, 0.2) is 17.3 Å². The minimum atomic E-state index is -0.617. The number of ether oxygens (including phenoxy) is 2. The number of dihydropyridines is 1. The van der Waals surface area contributed by atoms with Gasteiger partial charge in [-0.3, -0.25) is 4.79 Å². The minimum Gasteiger partial charge on any atom is -0.503 e. The van der Waals surface area contributed by atoms with E-state index in [2.05, 4.69) is 21.2 Å². The van der Waals surface area contributed by atoms with Gasteiger partial charge in [-0.1, -0.05) is 30.3 Å². The maximum atomic E-state index is 13.3. The standard InChI is InChI=1S/C25H24BrNO5/c1-14-21(25(30)32-13-15-7-4-3-5-8-15)22(23-18(27-14)9-6-10-19(23)28)16-11-17(26)24(29)20(12-16)31-2/h3-5,7-8,11-12,22,27,29H,6,9-10,13H2,1-2H3. The van der Waals surface area contributed by atoms with Gasteiger partial charge >= 0.3 is 5.97 Å². The summed E-state index contributed by atoms with van der Waals surface area (Å²) in [6, 6.07) is 12.8. The number of rotatable bonds is 5. The van der Waals surface area contributed by atoms with Gasteiger partial charge in [-0.05, 0) is 59.0 Å². The monoisotopic (exact) mass is 497 g/mol. The molecule has 0 bridgehead atoms. The van der Waals surface area contributed by atoms with Gasteiger partial charge < -0.3 is 19.9 Å². The molecule has 7 heteroatoms. The molecular weight excluding hydrogens is 474 g/mol. The molecule has 1 heterocycles. The molecule has 1 aliphatic carbocycles. The Labute approximate surface area is 195 Å². The van der Waals surface area contributed by atoms with Crippen molar-refractivity contribution in [2.45, 2.75) is 38.7 Å². The van der Waals surface area contributed by atoms with Gasteiger partial charge in [-0.15, -0.1) is 0 Å². The Kier molecular flexibility index (Phi) is 6.37. The van der Waals surface area contributed by atoms with Crippen LogP contribution in [-0.2, 0) is 20.9 Å². The van der Waals surface area contributed by atoms with Crippen molar-refractivity contribution >= 4 is 27.7 Å². The summed E-state index contributed by atoms with van der Waals surface area (Å²) >= 11 is 3.36. The van der Waals surface area contributed by atoms with Crippen LogP contribution in [0.2, 0.25) is 0 Å². The summed E-state index contributed by atoms with van der Waals surface area (Å²) in [5, 5.41) is 13.6. The molecule has 1 unspecified atom stereocenters. The third-order valence-corrected chi connectivity index (χ3v) is 6.42. The lowest BCUT2D eigenvalue weighted by Gasteiger charge is -2.34. The molecule has 0 aromatic heterocycles. The van der Waals surface area contributed by atoms with Crippen LogP contribution in [0.15, 0.2) is 69.5 Å². The van der Waals surface area contributed by atoms with Crippen LogP contribution < -0.4 is 10.1 Å². The van der Waals surface area contributed by atoms with Crippen molar-refractivity contribution in [1.29, 1.82) is 0 Å². The summed E-state index contributed by atoms with van der Waals surface area (Å²) in [7, 11) is 1.46. The Bertz CT molecular complexity index is 1140. The highest BCUT2D eigenvalue weighted by Gasteiger charge is 2.39. The second-order valence-electron chi connectivity index (χ2n) is 7.88. The highest BCUT2D eigenvalue weighted by atomic mass is 79.9. The molecular formula is C25H24BrNO5. The molecule has 2 N–H and O–H groups in total. The summed E-state index contributed by atoms with van der Waals surface area (Å²) in [4.78, 5) is 26.3. The molecule has 0 saturated carbocycles. The molecule has 0 saturated heterocycles. The second-order valence-corrected chi connectivity index (χ2v) is 8.74. The van der Waals surface area contributed by atoms with Gasteiger partial charge in [0.25, 0.3) is 0 Å². The lowest BCUT2D eigenvalue weighted by Crippen LogP contribution is -2.34. The van der Waals surface area contributed by atoms with E-state index in [-0.39, 0.29) is 23.9 Å². The smallest absolute Gasteiger partial charge is 0.337 e. The predicted octanol–water partition coefficient (Wildman–Crippen LogP) is 4.87. The fourth-order valence-electron chi connectivity index (χ4n) is 4.30. The Morgan fingerprint density at radius 1 is 1.22 bits per heavy atom. The fraction of sp³-hybridized carbons (Fsp3) is 0.280. The maximum Gasteiger partial charge on any atom is 0.337 e. The van der Waals surface area contributed by atoms with Crippen molar-refractivity contribution < 1.29 is 24.2 Å². The highest BCUT2D eigenvalue weighted by Crippen LogP contribution is 2.46. The van der Waals surface area contributed by atoms with Crippen molar-refractivity contribution in [2.24, 2.45) is 0 Å². The molecule has 1 aliphatic heterocycles. The first-order valence-corrected chi connectivity index (χ1v) is 11.2. The Morgan fingerprint density at radius 3 is 2.69 bits per heavy atom.